The van der Waals surface area contributed by atoms with Gasteiger partial charge in [-0.2, -0.15) is 0 Å². The van der Waals surface area contributed by atoms with Gasteiger partial charge >= 0.3 is 5.97 Å². The summed E-state index contributed by atoms with van der Waals surface area (Å²) in [7, 11) is 0. The molecule has 32 valence electrons. The zero-order chi connectivity index (χ0) is 4.99. The van der Waals surface area contributed by atoms with E-state index >= 15 is 0 Å². The van der Waals surface area contributed by atoms with Crippen molar-refractivity contribution in [2.24, 2.45) is 0 Å². The molecule has 2 nitrogen and oxygen atoms in total. The number of hydrogen-bond acceptors (Lipinski definition) is 1. The Bertz CT molecular complexity index is 108. The monoisotopic (exact) mass is 196 g/mol. The van der Waals surface area contributed by atoms with Crippen LogP contribution < -0.4 is 0 Å². The van der Waals surface area contributed by atoms with Crippen molar-refractivity contribution in [3.63, 3.8) is 0 Å². The van der Waals surface area contributed by atoms with E-state index in [1.807, 2.05) is 5.92 Å². The van der Waals surface area contributed by atoms with Crippen LogP contribution in [0.15, 0.2) is 0 Å². The van der Waals surface area contributed by atoms with E-state index in [9.17, 15) is 4.79 Å². The Kier molecular flexibility index (Phi) is 2.85. The standard InChI is InChI=1S/C3HIO2/c4-2-1-3(5)6/h(H,5,6). The Balaban J connectivity index is 3.50. The Hall–Kier alpha value is -0.240. The van der Waals surface area contributed by atoms with Gasteiger partial charge < -0.3 is 5.11 Å². The maximum absolute atomic E-state index is 9.42. The van der Waals surface area contributed by atoms with Crippen LogP contribution in [0.1, 0.15) is 0 Å². The molecule has 0 aliphatic carbocycles. The number of rotatable bonds is 0. The molecule has 0 atom stereocenters. The van der Waals surface area contributed by atoms with Gasteiger partial charge in [-0.15, -0.1) is 0 Å². The minimum atomic E-state index is -1.08. The zero-order valence-electron chi connectivity index (χ0n) is 2.73. The lowest BCUT2D eigenvalue weighted by Gasteiger charge is -1.62. The highest BCUT2D eigenvalue weighted by atomic mass is 127. The summed E-state index contributed by atoms with van der Waals surface area (Å²) in [5, 5.41) is 7.74. The average molecular weight is 196 g/mol. The molecule has 0 heterocycles. The van der Waals surface area contributed by atoms with Gasteiger partial charge in [0.1, 0.15) is 0 Å². The number of carboxylic acid groups (broad SMARTS) is 1. The second kappa shape index (κ2) is 2.97. The fourth-order valence-electron chi connectivity index (χ4n) is 0.0404. The van der Waals surface area contributed by atoms with Crippen LogP contribution in [0.3, 0.4) is 0 Å². The van der Waals surface area contributed by atoms with Crippen molar-refractivity contribution in [3.8, 4) is 9.85 Å². The van der Waals surface area contributed by atoms with Crippen molar-refractivity contribution in [1.82, 2.24) is 0 Å². The molecule has 6 heavy (non-hydrogen) atoms. The second-order valence-electron chi connectivity index (χ2n) is 0.525. The number of hydrogen-bond donors (Lipinski definition) is 1. The van der Waals surface area contributed by atoms with Crippen LogP contribution in [-0.2, 0) is 4.79 Å². The molecule has 0 bridgehead atoms. The van der Waals surface area contributed by atoms with Crippen LogP contribution in [-0.4, -0.2) is 11.1 Å². The molecule has 0 aromatic carbocycles. The Labute approximate surface area is 48.7 Å². The van der Waals surface area contributed by atoms with Gasteiger partial charge in [0, 0.05) is 28.5 Å². The lowest BCUT2D eigenvalue weighted by atomic mass is 10.7. The molecular weight excluding hydrogens is 195 g/mol. The third-order valence-corrected chi connectivity index (χ3v) is 0.424. The average Bonchev–Trinajstić information content (AvgIpc) is 1.35. The minimum Gasteiger partial charge on any atom is -0.472 e. The van der Waals surface area contributed by atoms with E-state index in [0.29, 0.717) is 0 Å². The van der Waals surface area contributed by atoms with Crippen molar-refractivity contribution in [3.05, 3.63) is 0 Å². The molecule has 0 radical (unpaired) electrons. The largest absolute Gasteiger partial charge is 0.472 e. The predicted octanol–water partition coefficient (Wildman–Crippen LogP) is 0.467. The molecule has 0 aromatic heterocycles. The summed E-state index contributed by atoms with van der Waals surface area (Å²) in [6.07, 6.45) is 0. The van der Waals surface area contributed by atoms with Gasteiger partial charge in [0.05, 0.1) is 0 Å². The SMILES string of the molecule is O=C(O)C#CI. The van der Waals surface area contributed by atoms with Gasteiger partial charge in [0.15, 0.2) is 0 Å². The van der Waals surface area contributed by atoms with Crippen molar-refractivity contribution in [2.75, 3.05) is 0 Å². The number of carbonyl (C=O) groups is 1. The molecule has 0 aromatic rings. The lowest BCUT2D eigenvalue weighted by Crippen LogP contribution is -1.84. The van der Waals surface area contributed by atoms with Crippen LogP contribution in [0, 0.1) is 9.85 Å². The van der Waals surface area contributed by atoms with Crippen molar-refractivity contribution in [1.29, 1.82) is 0 Å². The molecule has 1 N–H and O–H groups in total. The fraction of sp³-hybridized carbons (Fsp3) is 0. The third kappa shape index (κ3) is 3.76. The molecule has 0 aliphatic heterocycles. The van der Waals surface area contributed by atoms with Gasteiger partial charge in [0.2, 0.25) is 0 Å². The normalized spacial score (nSPS) is 5.50. The third-order valence-electron chi connectivity index (χ3n) is 0.154. The van der Waals surface area contributed by atoms with Crippen LogP contribution in [0.4, 0.5) is 0 Å². The first-order valence-corrected chi connectivity index (χ1v) is 2.20. The Morgan fingerprint density at radius 1 is 1.83 bits per heavy atom. The number of aliphatic carboxylic acids is 1. The van der Waals surface area contributed by atoms with E-state index in [0.717, 1.165) is 0 Å². The first-order valence-electron chi connectivity index (χ1n) is 1.12. The summed E-state index contributed by atoms with van der Waals surface area (Å²) in [4.78, 5) is 9.42. The highest BCUT2D eigenvalue weighted by molar-refractivity contribution is 14.1. The van der Waals surface area contributed by atoms with E-state index in [4.69, 9.17) is 5.11 Å². The van der Waals surface area contributed by atoms with E-state index in [1.165, 1.54) is 0 Å². The summed E-state index contributed by atoms with van der Waals surface area (Å²) in [5.41, 5.74) is 0. The van der Waals surface area contributed by atoms with E-state index < -0.39 is 5.97 Å². The maximum Gasteiger partial charge on any atom is 0.382 e. The van der Waals surface area contributed by atoms with E-state index in [1.54, 1.807) is 22.6 Å². The molecule has 0 fully saturated rings. The summed E-state index contributed by atoms with van der Waals surface area (Å²) in [6.45, 7) is 0. The summed E-state index contributed by atoms with van der Waals surface area (Å²) < 4.78 is 2.19. The van der Waals surface area contributed by atoms with Crippen LogP contribution in [0.5, 0.6) is 0 Å². The summed E-state index contributed by atoms with van der Waals surface area (Å²) >= 11 is 1.66. The van der Waals surface area contributed by atoms with Crippen LogP contribution >= 0.6 is 22.6 Å². The molecule has 0 unspecified atom stereocenters. The van der Waals surface area contributed by atoms with E-state index in [-0.39, 0.29) is 0 Å². The second-order valence-corrected chi connectivity index (χ2v) is 1.06. The topological polar surface area (TPSA) is 37.3 Å². The van der Waals surface area contributed by atoms with Crippen molar-refractivity contribution >= 4 is 28.6 Å². The summed E-state index contributed by atoms with van der Waals surface area (Å²) in [6, 6.07) is 0. The highest BCUT2D eigenvalue weighted by Gasteiger charge is 1.77. The molecule has 0 saturated heterocycles. The van der Waals surface area contributed by atoms with Crippen molar-refractivity contribution < 1.29 is 9.90 Å². The Morgan fingerprint density at radius 3 is 2.33 bits per heavy atom. The van der Waals surface area contributed by atoms with Gasteiger partial charge in [-0.25, -0.2) is 4.79 Å². The molecule has 0 amide bonds. The van der Waals surface area contributed by atoms with Gasteiger partial charge in [-0.3, -0.25) is 0 Å². The van der Waals surface area contributed by atoms with Gasteiger partial charge in [-0.05, 0) is 3.93 Å². The first-order chi connectivity index (χ1) is 2.77. The smallest absolute Gasteiger partial charge is 0.382 e. The maximum atomic E-state index is 9.42. The molecular formula is C3HIO2. The summed E-state index contributed by atoms with van der Waals surface area (Å²) in [5.74, 6) is 0.782. The Morgan fingerprint density at radius 2 is 2.33 bits per heavy atom. The van der Waals surface area contributed by atoms with Gasteiger partial charge in [0.25, 0.3) is 0 Å². The first kappa shape index (κ1) is 5.76. The minimum absolute atomic E-state index is 1.08. The van der Waals surface area contributed by atoms with E-state index in [2.05, 4.69) is 3.93 Å². The van der Waals surface area contributed by atoms with Gasteiger partial charge in [-0.1, -0.05) is 0 Å². The van der Waals surface area contributed by atoms with Crippen LogP contribution in [0.2, 0.25) is 0 Å². The fourth-order valence-corrected chi connectivity index (χ4v) is 0.271. The molecule has 0 rings (SSSR count). The molecule has 3 heteroatoms. The lowest BCUT2D eigenvalue weighted by molar-refractivity contribution is -0.130. The zero-order valence-corrected chi connectivity index (χ0v) is 4.89. The van der Waals surface area contributed by atoms with Crippen molar-refractivity contribution in [2.45, 2.75) is 0 Å². The quantitative estimate of drug-likeness (QED) is 0.451. The predicted molar refractivity (Wildman–Crippen MR) is 29.4 cm³/mol. The molecule has 0 aliphatic rings. The highest BCUT2D eigenvalue weighted by Crippen LogP contribution is 1.68. The molecule has 0 saturated carbocycles. The number of carboxylic acids is 1. The van der Waals surface area contributed by atoms with Crippen LogP contribution in [0.25, 0.3) is 0 Å². The molecule has 0 spiro atoms. The number of halogens is 1.